The van der Waals surface area contributed by atoms with Crippen LogP contribution in [0.25, 0.3) is 0 Å². The third-order valence-corrected chi connectivity index (χ3v) is 8.42. The normalized spacial score (nSPS) is 15.6. The molecule has 1 unspecified atom stereocenters. The van der Waals surface area contributed by atoms with E-state index in [-0.39, 0.29) is 17.8 Å². The van der Waals surface area contributed by atoms with E-state index in [1.165, 1.54) is 4.90 Å². The van der Waals surface area contributed by atoms with Gasteiger partial charge in [0, 0.05) is 17.3 Å². The number of amides is 1. The summed E-state index contributed by atoms with van der Waals surface area (Å²) in [5.41, 5.74) is 1.10. The third kappa shape index (κ3) is 5.58. The predicted octanol–water partition coefficient (Wildman–Crippen LogP) is 5.72. The number of nitrogens with zero attached hydrogens (tertiary/aromatic N) is 1. The second-order valence-electron chi connectivity index (χ2n) is 8.50. The summed E-state index contributed by atoms with van der Waals surface area (Å²) in [5, 5.41) is 10.5. The number of ether oxygens (including phenoxy) is 1. The van der Waals surface area contributed by atoms with Crippen LogP contribution in [0.1, 0.15) is 19.4 Å². The molecule has 1 aliphatic heterocycles. The van der Waals surface area contributed by atoms with Crippen LogP contribution in [-0.2, 0) is 11.0 Å². The van der Waals surface area contributed by atoms with Crippen LogP contribution in [0.5, 0.6) is 11.5 Å². The fraction of sp³-hybridized carbons (Fsp3) is 0.240. The van der Waals surface area contributed by atoms with Crippen LogP contribution in [0.15, 0.2) is 78.9 Å². The Balaban J connectivity index is 1.46. The lowest BCUT2D eigenvalue weighted by Crippen LogP contribution is -2.31. The van der Waals surface area contributed by atoms with E-state index in [4.69, 9.17) is 9.26 Å². The zero-order valence-corrected chi connectivity index (χ0v) is 20.7. The molecule has 1 aliphatic rings. The minimum absolute atomic E-state index is 0.0282. The maximum absolute atomic E-state index is 13.8. The maximum Gasteiger partial charge on any atom is 0.412 e. The Kier molecular flexibility index (Phi) is 7.22. The summed E-state index contributed by atoms with van der Waals surface area (Å²) in [6, 6.07) is 23.6. The van der Waals surface area contributed by atoms with Gasteiger partial charge in [-0.2, -0.15) is 0 Å². The summed E-state index contributed by atoms with van der Waals surface area (Å²) in [6.07, 6.45) is -0.352. The molecular formula is C25H27N2O5PS. The molecule has 0 bridgehead atoms. The summed E-state index contributed by atoms with van der Waals surface area (Å²) in [5.74, 6) is 1.18. The molecule has 2 N–H and O–H groups in total. The lowest BCUT2D eigenvalue weighted by atomic mass is 10.0. The average Bonchev–Trinajstić information content (AvgIpc) is 3.14. The van der Waals surface area contributed by atoms with E-state index >= 15 is 0 Å². The highest BCUT2D eigenvalue weighted by Crippen LogP contribution is 2.46. The molecule has 4 rings (SSSR count). The van der Waals surface area contributed by atoms with Crippen LogP contribution >= 0.6 is 19.3 Å². The highest BCUT2D eigenvalue weighted by Gasteiger charge is 2.34. The van der Waals surface area contributed by atoms with E-state index in [2.05, 4.69) is 4.72 Å². The molecule has 34 heavy (non-hydrogen) atoms. The topological polar surface area (TPSA) is 88.1 Å². The number of rotatable bonds is 9. The van der Waals surface area contributed by atoms with Crippen LogP contribution in [0.3, 0.4) is 0 Å². The zero-order chi connectivity index (χ0) is 24.2. The van der Waals surface area contributed by atoms with Crippen LogP contribution in [0, 0.1) is 0 Å². The van der Waals surface area contributed by atoms with Gasteiger partial charge >= 0.3 is 6.09 Å². The minimum atomic E-state index is -3.30. The van der Waals surface area contributed by atoms with Crippen LogP contribution in [-0.4, -0.2) is 29.0 Å². The van der Waals surface area contributed by atoms with Gasteiger partial charge in [0.2, 0.25) is 0 Å². The standard InChI is InChI=1S/C25H27N2O5PS/c1-25(2)16-19-10-9-15-22(23(19)31-25)27(24(28)29)18-34-26-17-33(30,21-13-7-4-8-14-21)32-20-11-5-3-6-12-20/h3-15,26H,16-18H2,1-2H3,(H,28,29). The van der Waals surface area contributed by atoms with Crippen molar-refractivity contribution in [3.05, 3.63) is 84.4 Å². The van der Waals surface area contributed by atoms with Crippen LogP contribution < -0.4 is 24.2 Å². The molecule has 0 fully saturated rings. The molecule has 0 saturated heterocycles. The fourth-order valence-electron chi connectivity index (χ4n) is 3.76. The number of hydrogen-bond donors (Lipinski definition) is 2. The van der Waals surface area contributed by atoms with Crippen molar-refractivity contribution in [3.8, 4) is 11.5 Å². The van der Waals surface area contributed by atoms with E-state index in [1.54, 1.807) is 30.3 Å². The number of carbonyl (C=O) groups is 1. The number of nitrogens with one attached hydrogen (secondary N) is 1. The molecule has 1 atom stereocenters. The van der Waals surface area contributed by atoms with Crippen molar-refractivity contribution in [1.29, 1.82) is 0 Å². The molecule has 0 saturated carbocycles. The average molecular weight is 499 g/mol. The molecule has 7 nitrogen and oxygen atoms in total. The first-order valence-electron chi connectivity index (χ1n) is 10.8. The maximum atomic E-state index is 13.8. The Labute approximate surface area is 203 Å². The van der Waals surface area contributed by atoms with Crippen molar-refractivity contribution >= 4 is 36.4 Å². The van der Waals surface area contributed by atoms with Gasteiger partial charge in [0.1, 0.15) is 17.1 Å². The molecule has 3 aromatic rings. The summed E-state index contributed by atoms with van der Waals surface area (Å²) in [4.78, 5) is 13.3. The van der Waals surface area contributed by atoms with Gasteiger partial charge in [-0.3, -0.25) is 14.2 Å². The molecule has 0 radical (unpaired) electrons. The molecule has 0 aliphatic carbocycles. The van der Waals surface area contributed by atoms with Gasteiger partial charge in [-0.25, -0.2) is 4.79 Å². The SMILES string of the molecule is CC1(C)Cc2cccc(N(CSNCP(=O)(Oc3ccccc3)c3ccccc3)C(=O)O)c2O1. The van der Waals surface area contributed by atoms with Crippen molar-refractivity contribution in [2.45, 2.75) is 25.9 Å². The lowest BCUT2D eigenvalue weighted by Gasteiger charge is -2.24. The van der Waals surface area contributed by atoms with Crippen LogP contribution in [0.4, 0.5) is 10.5 Å². The van der Waals surface area contributed by atoms with Crippen molar-refractivity contribution in [1.82, 2.24) is 4.72 Å². The number of fused-ring (bicyclic) bond motifs is 1. The Morgan fingerprint density at radius 3 is 2.44 bits per heavy atom. The molecule has 1 amide bonds. The summed E-state index contributed by atoms with van der Waals surface area (Å²) in [7, 11) is -3.30. The number of carboxylic acid groups (broad SMARTS) is 1. The van der Waals surface area contributed by atoms with Crippen molar-refractivity contribution in [2.75, 3.05) is 17.1 Å². The fourth-order valence-corrected chi connectivity index (χ4v) is 6.72. The quantitative estimate of drug-likeness (QED) is 0.169. The number of anilines is 1. The van der Waals surface area contributed by atoms with Gasteiger partial charge in [0.05, 0.1) is 17.9 Å². The van der Waals surface area contributed by atoms with Crippen LogP contribution in [0.2, 0.25) is 0 Å². The van der Waals surface area contributed by atoms with E-state index < -0.39 is 13.5 Å². The van der Waals surface area contributed by atoms with Gasteiger partial charge in [-0.05, 0) is 44.2 Å². The molecule has 0 spiro atoms. The highest BCUT2D eigenvalue weighted by atomic mass is 32.2. The van der Waals surface area contributed by atoms with E-state index in [0.717, 1.165) is 17.5 Å². The van der Waals surface area contributed by atoms with E-state index in [0.29, 0.717) is 28.9 Å². The second kappa shape index (κ2) is 10.1. The first kappa shape index (κ1) is 24.2. The van der Waals surface area contributed by atoms with Gasteiger partial charge in [-0.1, -0.05) is 60.5 Å². The van der Waals surface area contributed by atoms with E-state index in [1.807, 2.05) is 62.4 Å². The molecule has 3 aromatic carbocycles. The number of benzene rings is 3. The molecule has 0 aromatic heterocycles. The third-order valence-electron chi connectivity index (χ3n) is 5.31. The summed E-state index contributed by atoms with van der Waals surface area (Å²) >= 11 is 1.15. The first-order chi connectivity index (χ1) is 16.3. The Bertz CT molecular complexity index is 1190. The van der Waals surface area contributed by atoms with Gasteiger partial charge in [0.15, 0.2) is 0 Å². The number of para-hydroxylation sites is 2. The Hall–Kier alpha value is -2.93. The lowest BCUT2D eigenvalue weighted by molar-refractivity contribution is 0.138. The molecule has 178 valence electrons. The van der Waals surface area contributed by atoms with Gasteiger partial charge in [0.25, 0.3) is 7.37 Å². The van der Waals surface area contributed by atoms with Gasteiger partial charge < -0.3 is 14.4 Å². The molecule has 1 heterocycles. The van der Waals surface area contributed by atoms with Crippen molar-refractivity contribution in [2.24, 2.45) is 0 Å². The minimum Gasteiger partial charge on any atom is -0.485 e. The van der Waals surface area contributed by atoms with Crippen molar-refractivity contribution in [3.63, 3.8) is 0 Å². The van der Waals surface area contributed by atoms with E-state index in [9.17, 15) is 14.5 Å². The van der Waals surface area contributed by atoms with Gasteiger partial charge in [-0.15, -0.1) is 0 Å². The first-order valence-corrected chi connectivity index (χ1v) is 13.6. The zero-order valence-electron chi connectivity index (χ0n) is 19.0. The second-order valence-corrected chi connectivity index (χ2v) is 11.7. The monoisotopic (exact) mass is 498 g/mol. The molecular weight excluding hydrogens is 471 g/mol. The predicted molar refractivity (Wildman–Crippen MR) is 137 cm³/mol. The smallest absolute Gasteiger partial charge is 0.412 e. The summed E-state index contributed by atoms with van der Waals surface area (Å²) in [6.45, 7) is 3.96. The Morgan fingerprint density at radius 2 is 1.76 bits per heavy atom. The molecule has 9 heteroatoms. The largest absolute Gasteiger partial charge is 0.485 e. The van der Waals surface area contributed by atoms with Crippen molar-refractivity contribution < 1.29 is 23.7 Å². The summed E-state index contributed by atoms with van der Waals surface area (Å²) < 4.78 is 28.9. The highest BCUT2D eigenvalue weighted by molar-refractivity contribution is 7.97. The number of hydrogen-bond acceptors (Lipinski definition) is 6. The Morgan fingerprint density at radius 1 is 1.09 bits per heavy atom.